The quantitative estimate of drug-likeness (QED) is 0.660. The number of hydrogen-bond donors (Lipinski definition) is 2. The summed E-state index contributed by atoms with van der Waals surface area (Å²) in [6, 6.07) is 13.4. The lowest BCUT2D eigenvalue weighted by Crippen LogP contribution is -2.17. The van der Waals surface area contributed by atoms with Crippen LogP contribution < -0.4 is 15.0 Å². The van der Waals surface area contributed by atoms with Gasteiger partial charge in [0.05, 0.1) is 12.8 Å². The van der Waals surface area contributed by atoms with E-state index < -0.39 is 0 Å². The predicted octanol–water partition coefficient (Wildman–Crippen LogP) is 2.81. The lowest BCUT2D eigenvalue weighted by Gasteiger charge is -2.17. The van der Waals surface area contributed by atoms with Crippen molar-refractivity contribution in [3.63, 3.8) is 0 Å². The van der Waals surface area contributed by atoms with Crippen LogP contribution in [0.1, 0.15) is 16.7 Å². The number of hydroxylamine groups is 1. The van der Waals surface area contributed by atoms with Gasteiger partial charge in [0, 0.05) is 16.7 Å². The van der Waals surface area contributed by atoms with Crippen molar-refractivity contribution in [1.82, 2.24) is 5.48 Å². The second-order valence-corrected chi connectivity index (χ2v) is 4.80. The maximum Gasteiger partial charge on any atom is 0.130 e. The summed E-state index contributed by atoms with van der Waals surface area (Å²) in [5, 5.41) is 8.89. The number of methoxy groups -OCH3 is 1. The average Bonchev–Trinajstić information content (AvgIpc) is 2.59. The molecule has 1 aliphatic heterocycles. The molecule has 0 aromatic heterocycles. The molecule has 0 aliphatic carbocycles. The summed E-state index contributed by atoms with van der Waals surface area (Å²) in [5.41, 5.74) is 5.46. The lowest BCUT2D eigenvalue weighted by molar-refractivity contribution is 0.180. The van der Waals surface area contributed by atoms with Gasteiger partial charge < -0.3 is 9.47 Å². The first-order valence-corrected chi connectivity index (χ1v) is 6.82. The molecular weight excluding hydrogens is 278 g/mol. The molecule has 4 heteroatoms. The zero-order chi connectivity index (χ0) is 15.4. The van der Waals surface area contributed by atoms with Crippen LogP contribution >= 0.6 is 0 Å². The highest BCUT2D eigenvalue weighted by Gasteiger charge is 2.10. The Kier molecular flexibility index (Phi) is 3.99. The number of hydrogen-bond acceptors (Lipinski definition) is 4. The van der Waals surface area contributed by atoms with E-state index in [1.165, 1.54) is 0 Å². The number of benzene rings is 2. The van der Waals surface area contributed by atoms with Crippen LogP contribution in [0.15, 0.2) is 48.2 Å². The van der Waals surface area contributed by atoms with Crippen molar-refractivity contribution in [1.29, 1.82) is 0 Å². The lowest BCUT2D eigenvalue weighted by atomic mass is 10.1. The topological polar surface area (TPSA) is 50.7 Å². The highest BCUT2D eigenvalue weighted by atomic mass is 16.5. The first kappa shape index (κ1) is 14.1. The number of fused-ring (bicyclic) bond motifs is 1. The fraction of sp³-hybridized carbons (Fsp3) is 0.111. The van der Waals surface area contributed by atoms with Gasteiger partial charge in [-0.15, -0.1) is 0 Å². The monoisotopic (exact) mass is 293 g/mol. The van der Waals surface area contributed by atoms with E-state index in [4.69, 9.17) is 14.7 Å². The largest absolute Gasteiger partial charge is 0.497 e. The normalized spacial score (nSPS) is 12.2. The molecule has 0 unspecified atom stereocenters. The molecule has 0 atom stereocenters. The zero-order valence-electron chi connectivity index (χ0n) is 12.1. The molecule has 0 saturated heterocycles. The molecule has 0 fully saturated rings. The van der Waals surface area contributed by atoms with E-state index in [1.54, 1.807) is 7.11 Å². The third kappa shape index (κ3) is 3.05. The van der Waals surface area contributed by atoms with E-state index in [0.29, 0.717) is 12.3 Å². The standard InChI is InChI=1S/C18H15NO3/c1-21-17-8-5-13(6-9-17)2-3-14-4-7-15-11-16(19-20)12-22-18(15)10-14/h4-11,19-20H,12H2,1H3. The molecule has 3 rings (SSSR count). The van der Waals surface area contributed by atoms with Gasteiger partial charge in [0.25, 0.3) is 0 Å². The Balaban J connectivity index is 1.82. The molecule has 0 spiro atoms. The van der Waals surface area contributed by atoms with E-state index >= 15 is 0 Å². The maximum atomic E-state index is 8.89. The van der Waals surface area contributed by atoms with Crippen LogP contribution in [0.4, 0.5) is 0 Å². The number of ether oxygens (including phenoxy) is 2. The summed E-state index contributed by atoms with van der Waals surface area (Å²) in [5.74, 6) is 7.80. The van der Waals surface area contributed by atoms with Gasteiger partial charge >= 0.3 is 0 Å². The van der Waals surface area contributed by atoms with Crippen molar-refractivity contribution < 1.29 is 14.7 Å². The second-order valence-electron chi connectivity index (χ2n) is 4.80. The molecule has 1 aliphatic rings. The Morgan fingerprint density at radius 1 is 1.09 bits per heavy atom. The van der Waals surface area contributed by atoms with Gasteiger partial charge in [0.15, 0.2) is 0 Å². The predicted molar refractivity (Wildman–Crippen MR) is 83.8 cm³/mol. The van der Waals surface area contributed by atoms with Gasteiger partial charge in [-0.25, -0.2) is 0 Å². The van der Waals surface area contributed by atoms with Gasteiger partial charge in [-0.3, -0.25) is 10.7 Å². The van der Waals surface area contributed by atoms with Crippen LogP contribution in [0.25, 0.3) is 6.08 Å². The summed E-state index contributed by atoms with van der Waals surface area (Å²) < 4.78 is 10.7. The Morgan fingerprint density at radius 2 is 1.82 bits per heavy atom. The summed E-state index contributed by atoms with van der Waals surface area (Å²) in [6.45, 7) is 0.318. The Hall–Kier alpha value is -2.90. The van der Waals surface area contributed by atoms with Crippen LogP contribution in [0, 0.1) is 11.8 Å². The molecule has 0 amide bonds. The Bertz CT molecular complexity index is 767. The van der Waals surface area contributed by atoms with E-state index in [-0.39, 0.29) is 0 Å². The van der Waals surface area contributed by atoms with Crippen LogP contribution in [0.2, 0.25) is 0 Å². The van der Waals surface area contributed by atoms with E-state index in [2.05, 4.69) is 17.3 Å². The minimum absolute atomic E-state index is 0.318. The SMILES string of the molecule is COc1ccc(C#Cc2ccc3c(c2)OCC(NO)=C3)cc1. The van der Waals surface area contributed by atoms with Gasteiger partial charge in [-0.2, -0.15) is 0 Å². The molecule has 0 radical (unpaired) electrons. The van der Waals surface area contributed by atoms with Crippen LogP contribution in [-0.2, 0) is 0 Å². The third-order valence-corrected chi connectivity index (χ3v) is 3.31. The second kappa shape index (κ2) is 6.25. The summed E-state index contributed by atoms with van der Waals surface area (Å²) in [7, 11) is 1.64. The van der Waals surface area contributed by atoms with Crippen molar-refractivity contribution in [3.05, 3.63) is 64.9 Å². The number of nitrogens with one attached hydrogen (secondary N) is 1. The van der Waals surface area contributed by atoms with Crippen molar-refractivity contribution in [2.24, 2.45) is 0 Å². The Labute approximate surface area is 129 Å². The summed E-state index contributed by atoms with van der Waals surface area (Å²) in [6.07, 6.45) is 1.85. The van der Waals surface area contributed by atoms with Crippen LogP contribution in [-0.4, -0.2) is 18.9 Å². The van der Waals surface area contributed by atoms with Gasteiger partial charge in [-0.05, 0) is 48.5 Å². The van der Waals surface area contributed by atoms with Crippen molar-refractivity contribution in [2.75, 3.05) is 13.7 Å². The highest BCUT2D eigenvalue weighted by molar-refractivity contribution is 5.63. The molecule has 1 heterocycles. The first-order chi connectivity index (χ1) is 10.8. The van der Waals surface area contributed by atoms with E-state index in [1.807, 2.05) is 48.5 Å². The fourth-order valence-electron chi connectivity index (χ4n) is 2.12. The molecular formula is C18H15NO3. The summed E-state index contributed by atoms with van der Waals surface area (Å²) in [4.78, 5) is 0. The third-order valence-electron chi connectivity index (χ3n) is 3.31. The summed E-state index contributed by atoms with van der Waals surface area (Å²) >= 11 is 0. The van der Waals surface area contributed by atoms with E-state index in [9.17, 15) is 0 Å². The van der Waals surface area contributed by atoms with Crippen LogP contribution in [0.3, 0.4) is 0 Å². The van der Waals surface area contributed by atoms with Gasteiger partial charge in [0.1, 0.15) is 18.1 Å². The van der Waals surface area contributed by atoms with Crippen molar-refractivity contribution in [3.8, 4) is 23.3 Å². The fourth-order valence-corrected chi connectivity index (χ4v) is 2.12. The number of rotatable bonds is 2. The molecule has 0 bridgehead atoms. The maximum absolute atomic E-state index is 8.89. The Morgan fingerprint density at radius 3 is 2.55 bits per heavy atom. The van der Waals surface area contributed by atoms with Gasteiger partial charge in [0.2, 0.25) is 0 Å². The molecule has 2 aromatic rings. The molecule has 4 nitrogen and oxygen atoms in total. The average molecular weight is 293 g/mol. The molecule has 0 saturated carbocycles. The highest BCUT2D eigenvalue weighted by Crippen LogP contribution is 2.26. The molecule has 110 valence electrons. The van der Waals surface area contributed by atoms with Gasteiger partial charge in [-0.1, -0.05) is 11.8 Å². The zero-order valence-corrected chi connectivity index (χ0v) is 12.1. The van der Waals surface area contributed by atoms with Crippen LogP contribution in [0.5, 0.6) is 11.5 Å². The first-order valence-electron chi connectivity index (χ1n) is 6.82. The molecule has 2 aromatic carbocycles. The minimum Gasteiger partial charge on any atom is -0.497 e. The van der Waals surface area contributed by atoms with Crippen molar-refractivity contribution in [2.45, 2.75) is 0 Å². The molecule has 2 N–H and O–H groups in total. The van der Waals surface area contributed by atoms with Crippen molar-refractivity contribution >= 4 is 6.08 Å². The minimum atomic E-state index is 0.318. The van der Waals surface area contributed by atoms with E-state index in [0.717, 1.165) is 28.2 Å². The smallest absolute Gasteiger partial charge is 0.130 e. The molecule has 22 heavy (non-hydrogen) atoms.